The third-order valence-electron chi connectivity index (χ3n) is 3.56. The molecule has 0 heterocycles. The Morgan fingerprint density at radius 2 is 1.70 bits per heavy atom. The Balaban J connectivity index is 1.78. The average molecular weight is 314 g/mol. The standard InChI is InChI=1S/C19H22O4/c1-21-18-5-3-4-16(14-18)12-13-23-17-9-6-15(7-10-17)8-11-19(20)22-2/h3-7,9-10,14H,8,11-13H2,1-2H3. The van der Waals surface area contributed by atoms with Crippen LogP contribution in [0.1, 0.15) is 17.5 Å². The maximum atomic E-state index is 11.1. The van der Waals surface area contributed by atoms with Crippen LogP contribution in [0.25, 0.3) is 0 Å². The van der Waals surface area contributed by atoms with Crippen LogP contribution in [0.2, 0.25) is 0 Å². The molecule has 0 radical (unpaired) electrons. The summed E-state index contributed by atoms with van der Waals surface area (Å²) in [5, 5.41) is 0. The van der Waals surface area contributed by atoms with Gasteiger partial charge >= 0.3 is 5.97 Å². The zero-order valence-corrected chi connectivity index (χ0v) is 13.6. The van der Waals surface area contributed by atoms with E-state index in [0.717, 1.165) is 23.5 Å². The molecule has 0 N–H and O–H groups in total. The molecule has 0 atom stereocenters. The van der Waals surface area contributed by atoms with Crippen molar-refractivity contribution >= 4 is 5.97 Å². The molecule has 0 fully saturated rings. The van der Waals surface area contributed by atoms with E-state index in [2.05, 4.69) is 10.8 Å². The molecule has 4 heteroatoms. The molecule has 0 unspecified atom stereocenters. The van der Waals surface area contributed by atoms with Crippen molar-refractivity contribution in [1.82, 2.24) is 0 Å². The molecule has 0 aliphatic carbocycles. The van der Waals surface area contributed by atoms with E-state index in [4.69, 9.17) is 9.47 Å². The van der Waals surface area contributed by atoms with Gasteiger partial charge in [0.2, 0.25) is 0 Å². The van der Waals surface area contributed by atoms with Gasteiger partial charge in [-0.05, 0) is 41.8 Å². The first-order chi connectivity index (χ1) is 11.2. The Kier molecular flexibility index (Phi) is 6.48. The highest BCUT2D eigenvalue weighted by atomic mass is 16.5. The predicted molar refractivity (Wildman–Crippen MR) is 89.0 cm³/mol. The van der Waals surface area contributed by atoms with E-state index < -0.39 is 0 Å². The van der Waals surface area contributed by atoms with Gasteiger partial charge in [0.1, 0.15) is 11.5 Å². The highest BCUT2D eigenvalue weighted by molar-refractivity contribution is 5.69. The number of aryl methyl sites for hydroxylation is 1. The van der Waals surface area contributed by atoms with Crippen LogP contribution in [0, 0.1) is 0 Å². The lowest BCUT2D eigenvalue weighted by Crippen LogP contribution is -2.03. The SMILES string of the molecule is COC(=O)CCc1ccc(OCCc2cccc(OC)c2)cc1. The molecule has 2 aromatic carbocycles. The summed E-state index contributed by atoms with van der Waals surface area (Å²) in [7, 11) is 3.07. The highest BCUT2D eigenvalue weighted by Gasteiger charge is 2.02. The second-order valence-electron chi connectivity index (χ2n) is 5.17. The van der Waals surface area contributed by atoms with Gasteiger partial charge in [0.15, 0.2) is 0 Å². The third-order valence-corrected chi connectivity index (χ3v) is 3.56. The Hall–Kier alpha value is -2.49. The van der Waals surface area contributed by atoms with Crippen LogP contribution in [-0.4, -0.2) is 26.8 Å². The number of methoxy groups -OCH3 is 2. The first-order valence-electron chi connectivity index (χ1n) is 7.63. The molecule has 2 rings (SSSR count). The summed E-state index contributed by atoms with van der Waals surface area (Å²) >= 11 is 0. The van der Waals surface area contributed by atoms with E-state index in [0.29, 0.717) is 19.4 Å². The van der Waals surface area contributed by atoms with Crippen molar-refractivity contribution in [1.29, 1.82) is 0 Å². The van der Waals surface area contributed by atoms with Crippen molar-refractivity contribution in [3.05, 3.63) is 59.7 Å². The highest BCUT2D eigenvalue weighted by Crippen LogP contribution is 2.16. The van der Waals surface area contributed by atoms with Crippen LogP contribution in [0.4, 0.5) is 0 Å². The Bertz CT molecular complexity index is 620. The van der Waals surface area contributed by atoms with Crippen LogP contribution in [0.15, 0.2) is 48.5 Å². The van der Waals surface area contributed by atoms with E-state index in [9.17, 15) is 4.79 Å². The molecule has 0 aliphatic rings. The fraction of sp³-hybridized carbons (Fsp3) is 0.316. The minimum atomic E-state index is -0.191. The second-order valence-corrected chi connectivity index (χ2v) is 5.17. The summed E-state index contributed by atoms with van der Waals surface area (Å²) in [4.78, 5) is 11.1. The fourth-order valence-electron chi connectivity index (χ4n) is 2.22. The van der Waals surface area contributed by atoms with Crippen LogP contribution in [-0.2, 0) is 22.4 Å². The first-order valence-corrected chi connectivity index (χ1v) is 7.63. The molecule has 0 spiro atoms. The van der Waals surface area contributed by atoms with Crippen molar-refractivity contribution in [3.63, 3.8) is 0 Å². The predicted octanol–water partition coefficient (Wildman–Crippen LogP) is 3.42. The number of benzene rings is 2. The van der Waals surface area contributed by atoms with Gasteiger partial charge in [-0.3, -0.25) is 4.79 Å². The van der Waals surface area contributed by atoms with E-state index in [1.54, 1.807) is 7.11 Å². The third kappa shape index (κ3) is 5.66. The molecule has 0 aliphatic heterocycles. The molecule has 0 saturated carbocycles. The molecule has 122 valence electrons. The molecular weight excluding hydrogens is 292 g/mol. The smallest absolute Gasteiger partial charge is 0.305 e. The molecule has 0 saturated heterocycles. The van der Waals surface area contributed by atoms with Crippen molar-refractivity contribution in [2.24, 2.45) is 0 Å². The average Bonchev–Trinajstić information content (AvgIpc) is 2.61. The molecule has 23 heavy (non-hydrogen) atoms. The lowest BCUT2D eigenvalue weighted by atomic mass is 10.1. The van der Waals surface area contributed by atoms with Gasteiger partial charge in [-0.15, -0.1) is 0 Å². The zero-order chi connectivity index (χ0) is 16.5. The van der Waals surface area contributed by atoms with E-state index in [-0.39, 0.29) is 5.97 Å². The molecule has 4 nitrogen and oxygen atoms in total. The van der Waals surface area contributed by atoms with Crippen molar-refractivity contribution < 1.29 is 19.0 Å². The number of carbonyl (C=O) groups excluding carboxylic acids is 1. The van der Waals surface area contributed by atoms with Gasteiger partial charge in [0.25, 0.3) is 0 Å². The molecule has 0 amide bonds. The van der Waals surface area contributed by atoms with Crippen LogP contribution in [0.3, 0.4) is 0 Å². The minimum absolute atomic E-state index is 0.191. The number of esters is 1. The zero-order valence-electron chi connectivity index (χ0n) is 13.6. The van der Waals surface area contributed by atoms with Crippen molar-refractivity contribution in [2.75, 3.05) is 20.8 Å². The van der Waals surface area contributed by atoms with Gasteiger partial charge in [-0.25, -0.2) is 0 Å². The Labute approximate surface area is 137 Å². The summed E-state index contributed by atoms with van der Waals surface area (Å²) < 4.78 is 15.6. The Morgan fingerprint density at radius 3 is 2.39 bits per heavy atom. The number of rotatable bonds is 8. The normalized spacial score (nSPS) is 10.2. The number of hydrogen-bond donors (Lipinski definition) is 0. The molecular formula is C19H22O4. The van der Waals surface area contributed by atoms with E-state index in [1.807, 2.05) is 42.5 Å². The number of hydrogen-bond acceptors (Lipinski definition) is 4. The monoisotopic (exact) mass is 314 g/mol. The lowest BCUT2D eigenvalue weighted by Gasteiger charge is -2.08. The van der Waals surface area contributed by atoms with Crippen LogP contribution >= 0.6 is 0 Å². The second kappa shape index (κ2) is 8.83. The van der Waals surface area contributed by atoms with E-state index in [1.165, 1.54) is 12.7 Å². The van der Waals surface area contributed by atoms with Gasteiger partial charge in [0.05, 0.1) is 20.8 Å². The largest absolute Gasteiger partial charge is 0.497 e. The summed E-state index contributed by atoms with van der Waals surface area (Å²) in [6.45, 7) is 0.606. The molecule has 0 aromatic heterocycles. The molecule has 2 aromatic rings. The maximum Gasteiger partial charge on any atom is 0.305 e. The van der Waals surface area contributed by atoms with Crippen molar-refractivity contribution in [2.45, 2.75) is 19.3 Å². The van der Waals surface area contributed by atoms with Crippen molar-refractivity contribution in [3.8, 4) is 11.5 Å². The fourth-order valence-corrected chi connectivity index (χ4v) is 2.22. The maximum absolute atomic E-state index is 11.1. The van der Waals surface area contributed by atoms with Gasteiger partial charge in [-0.2, -0.15) is 0 Å². The lowest BCUT2D eigenvalue weighted by molar-refractivity contribution is -0.140. The summed E-state index contributed by atoms with van der Waals surface area (Å²) in [6, 6.07) is 15.8. The summed E-state index contributed by atoms with van der Waals surface area (Å²) in [6.07, 6.45) is 1.89. The van der Waals surface area contributed by atoms with Crippen LogP contribution in [0.5, 0.6) is 11.5 Å². The van der Waals surface area contributed by atoms with Crippen LogP contribution < -0.4 is 9.47 Å². The van der Waals surface area contributed by atoms with Gasteiger partial charge in [-0.1, -0.05) is 24.3 Å². The topological polar surface area (TPSA) is 44.8 Å². The summed E-state index contributed by atoms with van der Waals surface area (Å²) in [5.41, 5.74) is 2.27. The quantitative estimate of drug-likeness (QED) is 0.700. The number of ether oxygens (including phenoxy) is 3. The molecule has 0 bridgehead atoms. The summed E-state index contributed by atoms with van der Waals surface area (Å²) in [5.74, 6) is 1.50. The van der Waals surface area contributed by atoms with Gasteiger partial charge < -0.3 is 14.2 Å². The minimum Gasteiger partial charge on any atom is -0.497 e. The van der Waals surface area contributed by atoms with E-state index >= 15 is 0 Å². The number of carbonyl (C=O) groups is 1. The Morgan fingerprint density at radius 1 is 0.913 bits per heavy atom. The van der Waals surface area contributed by atoms with Gasteiger partial charge in [0, 0.05) is 12.8 Å². The first kappa shape index (κ1) is 16.9.